The molecule has 1 saturated heterocycles. The van der Waals surface area contributed by atoms with Gasteiger partial charge in [-0.3, -0.25) is 0 Å². The number of quaternary nitrogens is 1. The number of thioether (sulfide) groups is 1. The largest absolute Gasteiger partial charge is 0.317 e. The number of hydrogen-bond donors (Lipinski definition) is 0. The smallest absolute Gasteiger partial charge is 0.105 e. The van der Waals surface area contributed by atoms with E-state index in [2.05, 4.69) is 55.9 Å². The standard InChI is InChI=1S/C14H22NS/c1-13(2)15(8-10-16-11-9-15)12-14-6-4-3-5-7-14/h3-7,13H,8-12H2,1-2H3/q+1. The fourth-order valence-corrected chi connectivity index (χ4v) is 3.70. The molecule has 1 nitrogen and oxygen atoms in total. The van der Waals surface area contributed by atoms with Crippen LogP contribution in [0.3, 0.4) is 0 Å². The van der Waals surface area contributed by atoms with E-state index in [-0.39, 0.29) is 0 Å². The summed E-state index contributed by atoms with van der Waals surface area (Å²) in [5.74, 6) is 2.65. The molecule has 1 aliphatic heterocycles. The highest BCUT2D eigenvalue weighted by Gasteiger charge is 2.33. The van der Waals surface area contributed by atoms with Crippen LogP contribution in [-0.2, 0) is 6.54 Å². The van der Waals surface area contributed by atoms with Gasteiger partial charge < -0.3 is 4.48 Å². The van der Waals surface area contributed by atoms with Crippen LogP contribution in [0.2, 0.25) is 0 Å². The molecule has 1 fully saturated rings. The molecule has 0 aromatic heterocycles. The molecule has 88 valence electrons. The van der Waals surface area contributed by atoms with Gasteiger partial charge in [-0.1, -0.05) is 30.3 Å². The first-order valence-corrected chi connectivity index (χ1v) is 7.36. The van der Waals surface area contributed by atoms with Gasteiger partial charge in [0.15, 0.2) is 0 Å². The second-order valence-corrected chi connectivity index (χ2v) is 6.24. The normalized spacial score (nSPS) is 19.9. The molecule has 0 bridgehead atoms. The van der Waals surface area contributed by atoms with Crippen molar-refractivity contribution >= 4 is 11.8 Å². The van der Waals surface area contributed by atoms with E-state index in [1.165, 1.54) is 41.2 Å². The van der Waals surface area contributed by atoms with E-state index >= 15 is 0 Å². The van der Waals surface area contributed by atoms with Crippen molar-refractivity contribution in [2.45, 2.75) is 26.4 Å². The van der Waals surface area contributed by atoms with Gasteiger partial charge in [-0.05, 0) is 13.8 Å². The Kier molecular flexibility index (Phi) is 3.93. The SMILES string of the molecule is CC(C)[N+]1(Cc2ccccc2)CCSCC1. The molecule has 0 N–H and O–H groups in total. The zero-order valence-electron chi connectivity index (χ0n) is 10.4. The fourth-order valence-electron chi connectivity index (χ4n) is 2.51. The number of hydrogen-bond acceptors (Lipinski definition) is 1. The average molecular weight is 236 g/mol. The van der Waals surface area contributed by atoms with Crippen LogP contribution >= 0.6 is 11.8 Å². The van der Waals surface area contributed by atoms with Crippen LogP contribution in [-0.4, -0.2) is 35.1 Å². The minimum Gasteiger partial charge on any atom is -0.317 e. The number of nitrogens with zero attached hydrogens (tertiary/aromatic N) is 1. The van der Waals surface area contributed by atoms with Gasteiger partial charge in [0.25, 0.3) is 0 Å². The molecule has 0 amide bonds. The Morgan fingerprint density at radius 2 is 1.75 bits per heavy atom. The van der Waals surface area contributed by atoms with Gasteiger partial charge in [0.05, 0.1) is 19.1 Å². The van der Waals surface area contributed by atoms with Crippen LogP contribution in [0.4, 0.5) is 0 Å². The third-order valence-electron chi connectivity index (χ3n) is 3.80. The van der Waals surface area contributed by atoms with Crippen LogP contribution in [0.15, 0.2) is 30.3 Å². The van der Waals surface area contributed by atoms with Crippen molar-refractivity contribution in [1.82, 2.24) is 0 Å². The summed E-state index contributed by atoms with van der Waals surface area (Å²) in [5, 5.41) is 0. The third-order valence-corrected chi connectivity index (χ3v) is 4.74. The van der Waals surface area contributed by atoms with Gasteiger partial charge in [-0.2, -0.15) is 11.8 Å². The summed E-state index contributed by atoms with van der Waals surface area (Å²) in [4.78, 5) is 0. The molecule has 0 atom stereocenters. The van der Waals surface area contributed by atoms with Gasteiger partial charge >= 0.3 is 0 Å². The van der Waals surface area contributed by atoms with Crippen LogP contribution in [0.5, 0.6) is 0 Å². The first kappa shape index (κ1) is 12.0. The van der Waals surface area contributed by atoms with Gasteiger partial charge in [0.2, 0.25) is 0 Å². The first-order chi connectivity index (χ1) is 7.73. The predicted molar refractivity (Wildman–Crippen MR) is 72.6 cm³/mol. The predicted octanol–water partition coefficient (Wildman–Crippen LogP) is 3.16. The fraction of sp³-hybridized carbons (Fsp3) is 0.571. The zero-order valence-corrected chi connectivity index (χ0v) is 11.2. The van der Waals surface area contributed by atoms with Crippen molar-refractivity contribution in [3.05, 3.63) is 35.9 Å². The van der Waals surface area contributed by atoms with Gasteiger partial charge in [0.1, 0.15) is 6.54 Å². The lowest BCUT2D eigenvalue weighted by atomic mass is 10.1. The summed E-state index contributed by atoms with van der Waals surface area (Å²) in [7, 11) is 0. The Morgan fingerprint density at radius 1 is 1.12 bits per heavy atom. The minimum atomic E-state index is 0.737. The summed E-state index contributed by atoms with van der Waals surface area (Å²) in [6.07, 6.45) is 0. The van der Waals surface area contributed by atoms with Gasteiger partial charge in [-0.25, -0.2) is 0 Å². The lowest BCUT2D eigenvalue weighted by molar-refractivity contribution is -0.957. The van der Waals surface area contributed by atoms with Crippen molar-refractivity contribution in [1.29, 1.82) is 0 Å². The Morgan fingerprint density at radius 3 is 2.31 bits per heavy atom. The summed E-state index contributed by atoms with van der Waals surface area (Å²) >= 11 is 2.11. The van der Waals surface area contributed by atoms with Crippen molar-refractivity contribution in [2.75, 3.05) is 24.6 Å². The van der Waals surface area contributed by atoms with Crippen LogP contribution < -0.4 is 0 Å². The molecule has 1 aliphatic rings. The molecule has 2 rings (SSSR count). The van der Waals surface area contributed by atoms with Crippen LogP contribution in [0.25, 0.3) is 0 Å². The summed E-state index contributed by atoms with van der Waals surface area (Å²) in [5.41, 5.74) is 1.49. The highest BCUT2D eigenvalue weighted by Crippen LogP contribution is 2.25. The number of rotatable bonds is 3. The monoisotopic (exact) mass is 236 g/mol. The van der Waals surface area contributed by atoms with Crippen LogP contribution in [0, 0.1) is 0 Å². The van der Waals surface area contributed by atoms with E-state index < -0.39 is 0 Å². The van der Waals surface area contributed by atoms with E-state index in [1.54, 1.807) is 0 Å². The minimum absolute atomic E-state index is 0.737. The summed E-state index contributed by atoms with van der Waals surface area (Å²) in [6.45, 7) is 8.62. The maximum atomic E-state index is 2.37. The topological polar surface area (TPSA) is 0 Å². The molecule has 0 radical (unpaired) electrons. The molecular weight excluding hydrogens is 214 g/mol. The second kappa shape index (κ2) is 5.24. The first-order valence-electron chi connectivity index (χ1n) is 6.20. The summed E-state index contributed by atoms with van der Waals surface area (Å²) in [6, 6.07) is 11.7. The molecule has 0 saturated carbocycles. The molecule has 0 aliphatic carbocycles. The average Bonchev–Trinajstić information content (AvgIpc) is 2.31. The number of benzene rings is 1. The van der Waals surface area contributed by atoms with Crippen molar-refractivity contribution in [3.63, 3.8) is 0 Å². The molecular formula is C14H22NS+. The molecule has 1 aromatic rings. The van der Waals surface area contributed by atoms with Gasteiger partial charge in [0, 0.05) is 17.1 Å². The molecule has 0 spiro atoms. The van der Waals surface area contributed by atoms with E-state index in [0.717, 1.165) is 6.04 Å². The lowest BCUT2D eigenvalue weighted by Crippen LogP contribution is -2.56. The second-order valence-electron chi connectivity index (χ2n) is 5.02. The highest BCUT2D eigenvalue weighted by atomic mass is 32.2. The Labute approximate surface area is 103 Å². The third kappa shape index (κ3) is 2.61. The van der Waals surface area contributed by atoms with E-state index in [4.69, 9.17) is 0 Å². The molecule has 16 heavy (non-hydrogen) atoms. The van der Waals surface area contributed by atoms with Crippen molar-refractivity contribution < 1.29 is 4.48 Å². The maximum absolute atomic E-state index is 2.37. The lowest BCUT2D eigenvalue weighted by Gasteiger charge is -2.45. The molecule has 1 heterocycles. The van der Waals surface area contributed by atoms with Crippen LogP contribution in [0.1, 0.15) is 19.4 Å². The van der Waals surface area contributed by atoms with E-state index in [9.17, 15) is 0 Å². The molecule has 1 aromatic carbocycles. The highest BCUT2D eigenvalue weighted by molar-refractivity contribution is 7.99. The molecule has 0 unspecified atom stereocenters. The summed E-state index contributed by atoms with van der Waals surface area (Å²) < 4.78 is 1.27. The Balaban J connectivity index is 2.14. The van der Waals surface area contributed by atoms with E-state index in [0.29, 0.717) is 0 Å². The van der Waals surface area contributed by atoms with Crippen molar-refractivity contribution in [2.24, 2.45) is 0 Å². The maximum Gasteiger partial charge on any atom is 0.105 e. The Bertz CT molecular complexity index is 315. The van der Waals surface area contributed by atoms with Gasteiger partial charge in [-0.15, -0.1) is 0 Å². The van der Waals surface area contributed by atoms with E-state index in [1.807, 2.05) is 0 Å². The Hall–Kier alpha value is -0.470. The quantitative estimate of drug-likeness (QED) is 0.727. The molecule has 2 heteroatoms. The zero-order chi connectivity index (χ0) is 11.4. The van der Waals surface area contributed by atoms with Crippen molar-refractivity contribution in [3.8, 4) is 0 Å².